The maximum atomic E-state index is 12.7. The lowest BCUT2D eigenvalue weighted by Crippen LogP contribution is -2.20. The van der Waals surface area contributed by atoms with E-state index in [4.69, 9.17) is 9.72 Å². The van der Waals surface area contributed by atoms with Crippen LogP contribution in [0, 0.1) is 0 Å². The first-order valence-electron chi connectivity index (χ1n) is 11.7. The van der Waals surface area contributed by atoms with Gasteiger partial charge in [-0.1, -0.05) is 38.0 Å². The van der Waals surface area contributed by atoms with Gasteiger partial charge in [-0.15, -0.1) is 0 Å². The van der Waals surface area contributed by atoms with Crippen LogP contribution in [0.5, 0.6) is 0 Å². The van der Waals surface area contributed by atoms with Gasteiger partial charge in [0.25, 0.3) is 0 Å². The van der Waals surface area contributed by atoms with Gasteiger partial charge in [-0.05, 0) is 62.0 Å². The van der Waals surface area contributed by atoms with Crippen LogP contribution in [0.25, 0.3) is 22.0 Å². The summed E-state index contributed by atoms with van der Waals surface area (Å²) in [6.07, 6.45) is 3.34. The van der Waals surface area contributed by atoms with Crippen LogP contribution in [0.4, 0.5) is 0 Å². The molecule has 0 aliphatic carbocycles. The van der Waals surface area contributed by atoms with E-state index >= 15 is 0 Å². The van der Waals surface area contributed by atoms with Gasteiger partial charge < -0.3 is 20.1 Å². The first kappa shape index (κ1) is 23.9. The Bertz CT molecular complexity index is 1240. The molecule has 1 aliphatic heterocycles. The van der Waals surface area contributed by atoms with E-state index in [1.54, 1.807) is 12.1 Å². The number of fused-ring (bicyclic) bond motifs is 2. The van der Waals surface area contributed by atoms with E-state index in [2.05, 4.69) is 17.1 Å². The van der Waals surface area contributed by atoms with Crippen molar-refractivity contribution in [3.8, 4) is 11.1 Å². The number of benzene rings is 2. The average molecular weight is 462 g/mol. The summed E-state index contributed by atoms with van der Waals surface area (Å²) in [5.74, 6) is -1.34. The number of pyridine rings is 1. The van der Waals surface area contributed by atoms with Crippen molar-refractivity contribution in [2.75, 3.05) is 20.6 Å². The third kappa shape index (κ3) is 4.81. The van der Waals surface area contributed by atoms with Gasteiger partial charge in [0, 0.05) is 24.0 Å². The van der Waals surface area contributed by atoms with Crippen LogP contribution in [0.15, 0.2) is 36.4 Å². The van der Waals surface area contributed by atoms with Crippen LogP contribution in [0.1, 0.15) is 63.7 Å². The molecule has 4 rings (SSSR count). The maximum Gasteiger partial charge on any atom is 0.341 e. The normalized spacial score (nSPS) is 12.9. The topological polar surface area (TPSA) is 91.8 Å². The zero-order valence-electron chi connectivity index (χ0n) is 20.0. The number of aromatic carboxylic acids is 1. The van der Waals surface area contributed by atoms with Crippen molar-refractivity contribution < 1.29 is 19.4 Å². The van der Waals surface area contributed by atoms with Crippen molar-refractivity contribution in [2.24, 2.45) is 0 Å². The molecule has 1 aromatic heterocycles. The molecule has 0 atom stereocenters. The van der Waals surface area contributed by atoms with Crippen molar-refractivity contribution in [1.82, 2.24) is 15.2 Å². The molecule has 0 bridgehead atoms. The Morgan fingerprint density at radius 1 is 1.18 bits per heavy atom. The SMILES string of the molecule is CCCCCN(C)Cc1cc(-c2c3c(nc4cc(CNC)ccc24)COC3=O)ccc1C(=O)O. The van der Waals surface area contributed by atoms with E-state index in [0.29, 0.717) is 24.3 Å². The van der Waals surface area contributed by atoms with E-state index in [9.17, 15) is 14.7 Å². The Labute approximate surface area is 199 Å². The molecule has 2 heterocycles. The fraction of sp³-hybridized carbons (Fsp3) is 0.370. The second-order valence-corrected chi connectivity index (χ2v) is 8.89. The predicted octanol–water partition coefficient (Wildman–Crippen LogP) is 4.61. The molecule has 0 radical (unpaired) electrons. The highest BCUT2D eigenvalue weighted by Crippen LogP contribution is 2.37. The minimum atomic E-state index is -0.954. The standard InChI is InChI=1S/C27H31N3O4/c1-4-5-6-11-30(3)15-19-13-18(8-10-20(19)26(31)32)24-21-9-7-17(14-28-2)12-22(21)29-23-16-34-27(33)25(23)24/h7-10,12-13,28H,4-6,11,14-16H2,1-3H3,(H,31,32). The molecular formula is C27H31N3O4. The number of carboxylic acid groups (broad SMARTS) is 1. The molecule has 34 heavy (non-hydrogen) atoms. The third-order valence-corrected chi connectivity index (χ3v) is 6.26. The lowest BCUT2D eigenvalue weighted by atomic mass is 9.91. The van der Waals surface area contributed by atoms with Gasteiger partial charge in [-0.2, -0.15) is 0 Å². The number of carbonyl (C=O) groups excluding carboxylic acids is 1. The Hall–Kier alpha value is -3.29. The highest BCUT2D eigenvalue weighted by molar-refractivity contribution is 6.09. The summed E-state index contributed by atoms with van der Waals surface area (Å²) in [7, 11) is 3.90. The summed E-state index contributed by atoms with van der Waals surface area (Å²) in [5, 5.41) is 13.8. The van der Waals surface area contributed by atoms with E-state index in [1.807, 2.05) is 38.4 Å². The minimum Gasteiger partial charge on any atom is -0.478 e. The Morgan fingerprint density at radius 2 is 2.00 bits per heavy atom. The van der Waals surface area contributed by atoms with Gasteiger partial charge in [0.05, 0.1) is 22.3 Å². The van der Waals surface area contributed by atoms with E-state index in [0.717, 1.165) is 59.0 Å². The molecule has 178 valence electrons. The van der Waals surface area contributed by atoms with Crippen LogP contribution in [-0.2, 0) is 24.4 Å². The largest absolute Gasteiger partial charge is 0.478 e. The summed E-state index contributed by atoms with van der Waals surface area (Å²) in [6.45, 7) is 4.43. The number of hydrogen-bond acceptors (Lipinski definition) is 6. The van der Waals surface area contributed by atoms with Gasteiger partial charge in [0.1, 0.15) is 6.61 Å². The Balaban J connectivity index is 1.84. The molecule has 3 aromatic rings. The molecule has 0 amide bonds. The Kier molecular flexibility index (Phi) is 7.24. The number of esters is 1. The monoisotopic (exact) mass is 461 g/mol. The number of carboxylic acids is 1. The zero-order valence-corrected chi connectivity index (χ0v) is 20.0. The molecular weight excluding hydrogens is 430 g/mol. The van der Waals surface area contributed by atoms with Crippen LogP contribution in [0.2, 0.25) is 0 Å². The van der Waals surface area contributed by atoms with Crippen molar-refractivity contribution in [1.29, 1.82) is 0 Å². The molecule has 2 N–H and O–H groups in total. The lowest BCUT2D eigenvalue weighted by molar-refractivity contribution is 0.0533. The number of ether oxygens (including phenoxy) is 1. The van der Waals surface area contributed by atoms with Crippen LogP contribution < -0.4 is 5.32 Å². The number of aromatic nitrogens is 1. The van der Waals surface area contributed by atoms with Gasteiger partial charge in [-0.3, -0.25) is 0 Å². The first-order valence-corrected chi connectivity index (χ1v) is 11.7. The van der Waals surface area contributed by atoms with Crippen molar-refractivity contribution in [2.45, 2.75) is 45.9 Å². The lowest BCUT2D eigenvalue weighted by Gasteiger charge is -2.19. The number of cyclic esters (lactones) is 1. The number of rotatable bonds is 10. The highest BCUT2D eigenvalue weighted by Gasteiger charge is 2.29. The fourth-order valence-electron chi connectivity index (χ4n) is 4.60. The van der Waals surface area contributed by atoms with Gasteiger partial charge in [0.15, 0.2) is 0 Å². The van der Waals surface area contributed by atoms with Crippen LogP contribution in [-0.4, -0.2) is 47.6 Å². The quantitative estimate of drug-likeness (QED) is 0.336. The molecule has 0 unspecified atom stereocenters. The summed E-state index contributed by atoms with van der Waals surface area (Å²) in [4.78, 5) is 31.5. The Morgan fingerprint density at radius 3 is 2.74 bits per heavy atom. The van der Waals surface area contributed by atoms with E-state index in [-0.39, 0.29) is 18.1 Å². The van der Waals surface area contributed by atoms with Crippen molar-refractivity contribution in [3.63, 3.8) is 0 Å². The smallest absolute Gasteiger partial charge is 0.341 e. The molecule has 1 aliphatic rings. The molecule has 0 spiro atoms. The number of unbranched alkanes of at least 4 members (excludes halogenated alkanes) is 2. The van der Waals surface area contributed by atoms with Gasteiger partial charge in [-0.25, -0.2) is 14.6 Å². The second kappa shape index (κ2) is 10.3. The van der Waals surface area contributed by atoms with Crippen molar-refractivity contribution >= 4 is 22.8 Å². The fourth-order valence-corrected chi connectivity index (χ4v) is 4.60. The highest BCUT2D eigenvalue weighted by atomic mass is 16.5. The summed E-state index contributed by atoms with van der Waals surface area (Å²) in [5.41, 5.74) is 5.53. The van der Waals surface area contributed by atoms with Crippen LogP contribution >= 0.6 is 0 Å². The molecule has 7 heteroatoms. The number of nitrogens with one attached hydrogen (secondary N) is 1. The number of carbonyl (C=O) groups is 2. The predicted molar refractivity (Wildman–Crippen MR) is 132 cm³/mol. The summed E-state index contributed by atoms with van der Waals surface area (Å²) >= 11 is 0. The molecule has 2 aromatic carbocycles. The first-order chi connectivity index (χ1) is 16.4. The van der Waals surface area contributed by atoms with Crippen LogP contribution in [0.3, 0.4) is 0 Å². The summed E-state index contributed by atoms with van der Waals surface area (Å²) < 4.78 is 5.33. The second-order valence-electron chi connectivity index (χ2n) is 8.89. The molecule has 0 saturated heterocycles. The summed E-state index contributed by atoms with van der Waals surface area (Å²) in [6, 6.07) is 11.4. The third-order valence-electron chi connectivity index (χ3n) is 6.26. The minimum absolute atomic E-state index is 0.146. The van der Waals surface area contributed by atoms with E-state index in [1.165, 1.54) is 0 Å². The average Bonchev–Trinajstić information content (AvgIpc) is 3.17. The number of hydrogen-bond donors (Lipinski definition) is 2. The van der Waals surface area contributed by atoms with E-state index < -0.39 is 5.97 Å². The molecule has 7 nitrogen and oxygen atoms in total. The number of nitrogens with zero attached hydrogens (tertiary/aromatic N) is 2. The molecule has 0 saturated carbocycles. The zero-order chi connectivity index (χ0) is 24.2. The van der Waals surface area contributed by atoms with Gasteiger partial charge >= 0.3 is 11.9 Å². The molecule has 0 fully saturated rings. The van der Waals surface area contributed by atoms with Gasteiger partial charge in [0.2, 0.25) is 0 Å². The maximum absolute atomic E-state index is 12.7. The van der Waals surface area contributed by atoms with Crippen molar-refractivity contribution in [3.05, 3.63) is 64.3 Å².